The number of benzene rings is 2. The molecular formula is C22H28N6O2S. The predicted octanol–water partition coefficient (Wildman–Crippen LogP) is 2.45. The second-order valence-electron chi connectivity index (χ2n) is 6.91. The van der Waals surface area contributed by atoms with Crippen LogP contribution in [0.3, 0.4) is 0 Å². The minimum atomic E-state index is -3.53. The normalized spacial score (nSPS) is 12.0. The molecule has 3 rings (SSSR count). The van der Waals surface area contributed by atoms with Crippen LogP contribution in [-0.4, -0.2) is 55.9 Å². The van der Waals surface area contributed by atoms with Crippen molar-refractivity contribution in [3.8, 4) is 11.3 Å². The summed E-state index contributed by atoms with van der Waals surface area (Å²) in [6.07, 6.45) is 1.82. The van der Waals surface area contributed by atoms with E-state index in [0.29, 0.717) is 25.6 Å². The molecule has 0 radical (unpaired) electrons. The van der Waals surface area contributed by atoms with Gasteiger partial charge in [0, 0.05) is 20.1 Å². The average Bonchev–Trinajstić information content (AvgIpc) is 3.25. The molecular weight excluding hydrogens is 412 g/mol. The van der Waals surface area contributed by atoms with E-state index < -0.39 is 10.0 Å². The Morgan fingerprint density at radius 2 is 1.77 bits per heavy atom. The monoisotopic (exact) mass is 440 g/mol. The van der Waals surface area contributed by atoms with E-state index in [1.165, 1.54) is 0 Å². The van der Waals surface area contributed by atoms with Crippen molar-refractivity contribution in [2.24, 2.45) is 4.99 Å². The van der Waals surface area contributed by atoms with E-state index in [1.807, 2.05) is 55.4 Å². The lowest BCUT2D eigenvalue weighted by Crippen LogP contribution is -2.39. The lowest BCUT2D eigenvalue weighted by Gasteiger charge is -2.21. The number of H-pyrrole nitrogens is 1. The van der Waals surface area contributed by atoms with Crippen molar-refractivity contribution in [3.63, 3.8) is 0 Å². The van der Waals surface area contributed by atoms with E-state index in [2.05, 4.69) is 25.0 Å². The third-order valence-corrected chi connectivity index (χ3v) is 5.99. The van der Waals surface area contributed by atoms with E-state index in [0.717, 1.165) is 17.1 Å². The summed E-state index contributed by atoms with van der Waals surface area (Å²) >= 11 is 0. The largest absolute Gasteiger partial charge is 0.357 e. The summed E-state index contributed by atoms with van der Waals surface area (Å²) in [6, 6.07) is 18.3. The Bertz CT molecular complexity index is 1080. The highest BCUT2D eigenvalue weighted by Gasteiger charge is 2.13. The number of nitrogens with one attached hydrogen (secondary N) is 3. The molecule has 3 aromatic rings. The second-order valence-corrected chi connectivity index (χ2v) is 8.68. The molecule has 3 N–H and O–H groups in total. The number of hydrogen-bond acceptors (Lipinski definition) is 4. The van der Waals surface area contributed by atoms with E-state index in [1.54, 1.807) is 30.3 Å². The number of guanidine groups is 1. The van der Waals surface area contributed by atoms with Crippen LogP contribution in [0.4, 0.5) is 0 Å². The highest BCUT2D eigenvalue weighted by Crippen LogP contribution is 2.16. The first kappa shape index (κ1) is 22.5. The van der Waals surface area contributed by atoms with Gasteiger partial charge in [0.25, 0.3) is 0 Å². The van der Waals surface area contributed by atoms with Crippen LogP contribution >= 0.6 is 0 Å². The fourth-order valence-corrected chi connectivity index (χ4v) is 4.04. The molecule has 0 spiro atoms. The molecule has 0 saturated heterocycles. The molecule has 0 amide bonds. The second kappa shape index (κ2) is 10.7. The van der Waals surface area contributed by atoms with Gasteiger partial charge in [0.05, 0.1) is 29.9 Å². The molecule has 0 fully saturated rings. The van der Waals surface area contributed by atoms with Crippen molar-refractivity contribution in [1.29, 1.82) is 0 Å². The average molecular weight is 441 g/mol. The van der Waals surface area contributed by atoms with E-state index in [9.17, 15) is 8.42 Å². The Balaban J connectivity index is 1.58. The maximum Gasteiger partial charge on any atom is 0.240 e. The number of hydrogen-bond donors (Lipinski definition) is 3. The number of nitrogens with zero attached hydrogens (tertiary/aromatic N) is 3. The summed E-state index contributed by atoms with van der Waals surface area (Å²) < 4.78 is 27.2. The van der Waals surface area contributed by atoms with Crippen LogP contribution in [0.25, 0.3) is 11.3 Å². The molecule has 0 unspecified atom stereocenters. The fourth-order valence-electron chi connectivity index (χ4n) is 3.00. The zero-order valence-electron chi connectivity index (χ0n) is 17.7. The van der Waals surface area contributed by atoms with E-state index >= 15 is 0 Å². The summed E-state index contributed by atoms with van der Waals surface area (Å²) in [7, 11) is -1.61. The Morgan fingerprint density at radius 3 is 2.45 bits per heavy atom. The van der Waals surface area contributed by atoms with Crippen LogP contribution in [0.2, 0.25) is 0 Å². The molecule has 0 aliphatic carbocycles. The summed E-state index contributed by atoms with van der Waals surface area (Å²) in [5, 5.41) is 3.23. The van der Waals surface area contributed by atoms with Gasteiger partial charge in [-0.2, -0.15) is 0 Å². The van der Waals surface area contributed by atoms with Gasteiger partial charge in [-0.3, -0.25) is 4.99 Å². The Kier molecular flexibility index (Phi) is 7.80. The topological polar surface area (TPSA) is 102 Å². The van der Waals surface area contributed by atoms with Crippen LogP contribution in [0, 0.1) is 0 Å². The number of rotatable bonds is 9. The highest BCUT2D eigenvalue weighted by atomic mass is 32.2. The third kappa shape index (κ3) is 6.40. The van der Waals surface area contributed by atoms with Crippen molar-refractivity contribution in [2.75, 3.05) is 26.7 Å². The Hall–Kier alpha value is -3.17. The van der Waals surface area contributed by atoms with Crippen molar-refractivity contribution >= 4 is 16.0 Å². The first-order valence-electron chi connectivity index (χ1n) is 10.1. The summed E-state index contributed by atoms with van der Waals surface area (Å²) in [5.41, 5.74) is 2.04. The molecule has 2 aromatic carbocycles. The molecule has 8 nitrogen and oxygen atoms in total. The summed E-state index contributed by atoms with van der Waals surface area (Å²) in [5.74, 6) is 1.50. The van der Waals surface area contributed by atoms with Gasteiger partial charge in [0.2, 0.25) is 10.0 Å². The molecule has 31 heavy (non-hydrogen) atoms. The molecule has 1 aromatic heterocycles. The number of aromatic nitrogens is 2. The van der Waals surface area contributed by atoms with Crippen LogP contribution < -0.4 is 10.0 Å². The van der Waals surface area contributed by atoms with E-state index in [4.69, 9.17) is 0 Å². The minimum absolute atomic E-state index is 0.207. The molecule has 0 atom stereocenters. The SMILES string of the molecule is CCNC(=NCCNS(=O)(=O)c1ccccc1)N(C)Cc1ncc(-c2ccccc2)[nH]1. The zero-order chi connectivity index (χ0) is 22.1. The first-order chi connectivity index (χ1) is 15.0. The quantitative estimate of drug-likeness (QED) is 0.269. The molecule has 9 heteroatoms. The van der Waals surface area contributed by atoms with Gasteiger partial charge in [0.1, 0.15) is 5.82 Å². The van der Waals surface area contributed by atoms with Crippen LogP contribution in [0.1, 0.15) is 12.7 Å². The summed E-state index contributed by atoms with van der Waals surface area (Å²) in [6.45, 7) is 3.74. The Labute approximate surface area is 183 Å². The van der Waals surface area contributed by atoms with Crippen LogP contribution in [0.5, 0.6) is 0 Å². The van der Waals surface area contributed by atoms with Crippen molar-refractivity contribution < 1.29 is 8.42 Å². The first-order valence-corrected chi connectivity index (χ1v) is 11.6. The zero-order valence-corrected chi connectivity index (χ0v) is 18.6. The third-order valence-electron chi connectivity index (χ3n) is 4.52. The maximum absolute atomic E-state index is 12.3. The smallest absolute Gasteiger partial charge is 0.240 e. The number of imidazole rings is 1. The van der Waals surface area contributed by atoms with Gasteiger partial charge in [-0.05, 0) is 24.6 Å². The van der Waals surface area contributed by atoms with Crippen LogP contribution in [0.15, 0.2) is 76.7 Å². The van der Waals surface area contributed by atoms with Crippen molar-refractivity contribution in [1.82, 2.24) is 24.9 Å². The molecule has 0 aliphatic heterocycles. The molecule has 164 valence electrons. The molecule has 0 saturated carbocycles. The molecule has 1 heterocycles. The lowest BCUT2D eigenvalue weighted by molar-refractivity contribution is 0.464. The summed E-state index contributed by atoms with van der Waals surface area (Å²) in [4.78, 5) is 14.5. The van der Waals surface area contributed by atoms with E-state index in [-0.39, 0.29) is 11.4 Å². The highest BCUT2D eigenvalue weighted by molar-refractivity contribution is 7.89. The van der Waals surface area contributed by atoms with Crippen molar-refractivity contribution in [2.45, 2.75) is 18.4 Å². The number of sulfonamides is 1. The van der Waals surface area contributed by atoms with Gasteiger partial charge in [-0.15, -0.1) is 0 Å². The van der Waals surface area contributed by atoms with Gasteiger partial charge >= 0.3 is 0 Å². The predicted molar refractivity (Wildman–Crippen MR) is 123 cm³/mol. The molecule has 0 aliphatic rings. The number of aromatic amines is 1. The van der Waals surface area contributed by atoms with Gasteiger partial charge < -0.3 is 15.2 Å². The maximum atomic E-state index is 12.3. The minimum Gasteiger partial charge on any atom is -0.357 e. The standard InChI is InChI=1S/C22H28N6O2S/c1-3-23-22(24-14-15-26-31(29,30)19-12-8-5-9-13-19)28(2)17-21-25-16-20(27-21)18-10-6-4-7-11-18/h4-13,16,26H,3,14-15,17H2,1-2H3,(H,23,24)(H,25,27). The van der Waals surface area contributed by atoms with Gasteiger partial charge in [0.15, 0.2) is 5.96 Å². The van der Waals surface area contributed by atoms with Gasteiger partial charge in [-0.1, -0.05) is 48.5 Å². The van der Waals surface area contributed by atoms with Crippen LogP contribution in [-0.2, 0) is 16.6 Å². The lowest BCUT2D eigenvalue weighted by atomic mass is 10.2. The van der Waals surface area contributed by atoms with Crippen molar-refractivity contribution in [3.05, 3.63) is 72.7 Å². The fraction of sp³-hybridized carbons (Fsp3) is 0.273. The van der Waals surface area contributed by atoms with Gasteiger partial charge in [-0.25, -0.2) is 18.1 Å². The Morgan fingerprint density at radius 1 is 1.10 bits per heavy atom. The number of aliphatic imine (C=N–C) groups is 1. The molecule has 0 bridgehead atoms.